The SMILES string of the molecule is CCCCCCCCOc1cc(C=O)cc(OCC(=O)OCCCC)c1. The molecular weight excluding hydrogens is 332 g/mol. The first kappa shape index (κ1) is 22.0. The molecule has 5 heteroatoms. The van der Waals surface area contributed by atoms with Gasteiger partial charge in [-0.15, -0.1) is 0 Å². The number of ether oxygens (including phenoxy) is 3. The van der Waals surface area contributed by atoms with Gasteiger partial charge in [-0.05, 0) is 25.0 Å². The molecule has 0 amide bonds. The van der Waals surface area contributed by atoms with E-state index in [0.717, 1.165) is 32.0 Å². The van der Waals surface area contributed by atoms with Crippen molar-refractivity contribution in [1.29, 1.82) is 0 Å². The minimum absolute atomic E-state index is 0.178. The first-order chi connectivity index (χ1) is 12.7. The van der Waals surface area contributed by atoms with Crippen LogP contribution in [-0.4, -0.2) is 32.1 Å². The second-order valence-electron chi connectivity index (χ2n) is 6.33. The van der Waals surface area contributed by atoms with E-state index in [1.165, 1.54) is 25.7 Å². The van der Waals surface area contributed by atoms with E-state index < -0.39 is 5.97 Å². The zero-order valence-corrected chi connectivity index (χ0v) is 16.1. The molecule has 1 aromatic carbocycles. The van der Waals surface area contributed by atoms with Crippen molar-refractivity contribution in [2.75, 3.05) is 19.8 Å². The molecule has 0 spiro atoms. The average molecular weight is 364 g/mol. The van der Waals surface area contributed by atoms with Gasteiger partial charge in [0.05, 0.1) is 13.2 Å². The summed E-state index contributed by atoms with van der Waals surface area (Å²) in [6, 6.07) is 4.96. The van der Waals surface area contributed by atoms with Gasteiger partial charge in [0, 0.05) is 11.6 Å². The second kappa shape index (κ2) is 14.2. The van der Waals surface area contributed by atoms with Gasteiger partial charge in [0.25, 0.3) is 0 Å². The Hall–Kier alpha value is -2.04. The van der Waals surface area contributed by atoms with E-state index in [9.17, 15) is 9.59 Å². The van der Waals surface area contributed by atoms with Gasteiger partial charge in [0.2, 0.25) is 0 Å². The van der Waals surface area contributed by atoms with Crippen molar-refractivity contribution in [2.24, 2.45) is 0 Å². The van der Waals surface area contributed by atoms with Gasteiger partial charge < -0.3 is 14.2 Å². The fourth-order valence-corrected chi connectivity index (χ4v) is 2.42. The van der Waals surface area contributed by atoms with Crippen molar-refractivity contribution >= 4 is 12.3 Å². The van der Waals surface area contributed by atoms with Crippen LogP contribution in [0.5, 0.6) is 11.5 Å². The Morgan fingerprint density at radius 1 is 0.846 bits per heavy atom. The number of benzene rings is 1. The maximum absolute atomic E-state index is 11.6. The van der Waals surface area contributed by atoms with Crippen LogP contribution in [0.15, 0.2) is 18.2 Å². The molecule has 0 aliphatic carbocycles. The molecule has 5 nitrogen and oxygen atoms in total. The first-order valence-electron chi connectivity index (χ1n) is 9.71. The summed E-state index contributed by atoms with van der Waals surface area (Å²) in [5.74, 6) is 0.599. The average Bonchev–Trinajstić information content (AvgIpc) is 2.65. The number of rotatable bonds is 15. The largest absolute Gasteiger partial charge is 0.493 e. The van der Waals surface area contributed by atoms with E-state index in [2.05, 4.69) is 6.92 Å². The lowest BCUT2D eigenvalue weighted by molar-refractivity contribution is -0.146. The number of unbranched alkanes of at least 4 members (excludes halogenated alkanes) is 6. The van der Waals surface area contributed by atoms with Gasteiger partial charge in [0.1, 0.15) is 17.8 Å². The molecule has 0 aliphatic rings. The Morgan fingerprint density at radius 2 is 1.50 bits per heavy atom. The van der Waals surface area contributed by atoms with Crippen LogP contribution in [0.25, 0.3) is 0 Å². The summed E-state index contributed by atoms with van der Waals surface area (Å²) in [5, 5.41) is 0. The van der Waals surface area contributed by atoms with Gasteiger partial charge in [-0.3, -0.25) is 4.79 Å². The van der Waals surface area contributed by atoms with Gasteiger partial charge in [-0.2, -0.15) is 0 Å². The smallest absolute Gasteiger partial charge is 0.344 e. The summed E-state index contributed by atoms with van der Waals surface area (Å²) >= 11 is 0. The van der Waals surface area contributed by atoms with E-state index in [-0.39, 0.29) is 6.61 Å². The number of hydrogen-bond acceptors (Lipinski definition) is 5. The summed E-state index contributed by atoms with van der Waals surface area (Å²) in [6.45, 7) is 5.06. The number of esters is 1. The molecule has 0 saturated carbocycles. The van der Waals surface area contributed by atoms with E-state index in [1.807, 2.05) is 6.92 Å². The predicted octanol–water partition coefficient (Wildman–Crippen LogP) is 4.96. The van der Waals surface area contributed by atoms with Crippen LogP contribution in [-0.2, 0) is 9.53 Å². The fraction of sp³-hybridized carbons (Fsp3) is 0.619. The van der Waals surface area contributed by atoms with Crippen molar-refractivity contribution in [3.05, 3.63) is 23.8 Å². The third kappa shape index (κ3) is 10.1. The van der Waals surface area contributed by atoms with Crippen molar-refractivity contribution in [3.8, 4) is 11.5 Å². The van der Waals surface area contributed by atoms with E-state index in [0.29, 0.717) is 30.3 Å². The van der Waals surface area contributed by atoms with Gasteiger partial charge in [-0.25, -0.2) is 4.79 Å². The Labute approximate surface area is 157 Å². The summed E-state index contributed by atoms with van der Waals surface area (Å²) in [6.07, 6.45) is 9.67. The van der Waals surface area contributed by atoms with Crippen LogP contribution in [0.2, 0.25) is 0 Å². The molecular formula is C21H32O5. The number of hydrogen-bond donors (Lipinski definition) is 0. The van der Waals surface area contributed by atoms with Crippen molar-refractivity contribution in [2.45, 2.75) is 65.2 Å². The lowest BCUT2D eigenvalue weighted by Crippen LogP contribution is -2.15. The molecule has 1 rings (SSSR count). The van der Waals surface area contributed by atoms with Gasteiger partial charge in [-0.1, -0.05) is 52.4 Å². The quantitative estimate of drug-likeness (QED) is 0.250. The van der Waals surface area contributed by atoms with Crippen molar-refractivity contribution < 1.29 is 23.8 Å². The molecule has 0 N–H and O–H groups in total. The Balaban J connectivity index is 2.41. The molecule has 146 valence electrons. The highest BCUT2D eigenvalue weighted by Crippen LogP contribution is 2.22. The van der Waals surface area contributed by atoms with Crippen molar-refractivity contribution in [3.63, 3.8) is 0 Å². The lowest BCUT2D eigenvalue weighted by atomic mass is 10.1. The summed E-state index contributed by atoms with van der Waals surface area (Å²) in [7, 11) is 0. The van der Waals surface area contributed by atoms with E-state index >= 15 is 0 Å². The fourth-order valence-electron chi connectivity index (χ4n) is 2.42. The zero-order chi connectivity index (χ0) is 19.0. The van der Waals surface area contributed by atoms with Crippen LogP contribution >= 0.6 is 0 Å². The number of carbonyl (C=O) groups is 2. The molecule has 0 radical (unpaired) electrons. The minimum Gasteiger partial charge on any atom is -0.493 e. The van der Waals surface area contributed by atoms with Crippen LogP contribution < -0.4 is 9.47 Å². The van der Waals surface area contributed by atoms with Crippen LogP contribution in [0, 0.1) is 0 Å². The molecule has 0 bridgehead atoms. The van der Waals surface area contributed by atoms with Gasteiger partial charge in [0.15, 0.2) is 6.61 Å². The van der Waals surface area contributed by atoms with Crippen molar-refractivity contribution in [1.82, 2.24) is 0 Å². The third-order valence-corrected chi connectivity index (χ3v) is 3.92. The molecule has 0 aliphatic heterocycles. The summed E-state index contributed by atoms with van der Waals surface area (Å²) < 4.78 is 16.2. The molecule has 0 fully saturated rings. The highest BCUT2D eigenvalue weighted by Gasteiger charge is 2.07. The van der Waals surface area contributed by atoms with Crippen LogP contribution in [0.3, 0.4) is 0 Å². The minimum atomic E-state index is -0.412. The first-order valence-corrected chi connectivity index (χ1v) is 9.71. The predicted molar refractivity (Wildman–Crippen MR) is 102 cm³/mol. The lowest BCUT2D eigenvalue weighted by Gasteiger charge is -2.11. The van der Waals surface area contributed by atoms with Crippen LogP contribution in [0.1, 0.15) is 75.6 Å². The summed E-state index contributed by atoms with van der Waals surface area (Å²) in [4.78, 5) is 22.7. The molecule has 0 atom stereocenters. The van der Waals surface area contributed by atoms with E-state index in [4.69, 9.17) is 14.2 Å². The molecule has 26 heavy (non-hydrogen) atoms. The molecule has 0 aromatic heterocycles. The van der Waals surface area contributed by atoms with E-state index in [1.54, 1.807) is 18.2 Å². The molecule has 0 heterocycles. The Morgan fingerprint density at radius 3 is 2.19 bits per heavy atom. The normalized spacial score (nSPS) is 10.4. The molecule has 0 unspecified atom stereocenters. The topological polar surface area (TPSA) is 61.8 Å². The highest BCUT2D eigenvalue weighted by atomic mass is 16.6. The summed E-state index contributed by atoms with van der Waals surface area (Å²) in [5.41, 5.74) is 0.458. The number of carbonyl (C=O) groups excluding carboxylic acids is 2. The molecule has 1 aromatic rings. The monoisotopic (exact) mass is 364 g/mol. The number of aldehydes is 1. The van der Waals surface area contributed by atoms with Gasteiger partial charge >= 0.3 is 5.97 Å². The highest BCUT2D eigenvalue weighted by molar-refractivity contribution is 5.77. The van der Waals surface area contributed by atoms with Crippen LogP contribution in [0.4, 0.5) is 0 Å². The standard InChI is InChI=1S/C21H32O5/c1-3-5-7-8-9-10-12-24-19-13-18(16-22)14-20(15-19)26-17-21(23)25-11-6-4-2/h13-16H,3-12,17H2,1-2H3. The zero-order valence-electron chi connectivity index (χ0n) is 16.1. The maximum Gasteiger partial charge on any atom is 0.344 e. The third-order valence-electron chi connectivity index (χ3n) is 3.92. The Bertz CT molecular complexity index is 527. The molecule has 0 saturated heterocycles. The maximum atomic E-state index is 11.6. The Kier molecular flexibility index (Phi) is 12.0. The second-order valence-corrected chi connectivity index (χ2v) is 6.33.